The van der Waals surface area contributed by atoms with Crippen molar-refractivity contribution in [1.29, 1.82) is 0 Å². The van der Waals surface area contributed by atoms with E-state index in [4.69, 9.17) is 11.6 Å². The average molecular weight is 697 g/mol. The molecular weight excluding hydrogens is 662 g/mol. The second-order valence-corrected chi connectivity index (χ2v) is 13.7. The van der Waals surface area contributed by atoms with E-state index in [2.05, 4.69) is 21.2 Å². The van der Waals surface area contributed by atoms with Gasteiger partial charge in [0, 0.05) is 28.5 Å². The number of carbonyl (C=O) groups excluding carboxylic acids is 2. The molecule has 0 aliphatic rings. The number of anilines is 1. The van der Waals surface area contributed by atoms with Crippen LogP contribution < -0.4 is 9.62 Å². The van der Waals surface area contributed by atoms with Crippen LogP contribution in [0.5, 0.6) is 0 Å². The largest absolute Gasteiger partial charge is 0.352 e. The molecule has 0 bridgehead atoms. The molecule has 230 valence electrons. The van der Waals surface area contributed by atoms with Gasteiger partial charge in [-0.05, 0) is 73.0 Å². The third kappa shape index (κ3) is 8.71. The number of rotatable bonds is 13. The molecule has 7 nitrogen and oxygen atoms in total. The van der Waals surface area contributed by atoms with E-state index in [9.17, 15) is 18.0 Å². The molecule has 0 radical (unpaired) electrons. The van der Waals surface area contributed by atoms with Crippen LogP contribution in [0.25, 0.3) is 0 Å². The van der Waals surface area contributed by atoms with Crippen LogP contribution in [0.1, 0.15) is 31.4 Å². The summed E-state index contributed by atoms with van der Waals surface area (Å²) in [5, 5.41) is 3.43. The molecule has 0 unspecified atom stereocenters. The van der Waals surface area contributed by atoms with Gasteiger partial charge in [-0.15, -0.1) is 0 Å². The molecule has 0 aromatic heterocycles. The Bertz CT molecular complexity index is 1640. The molecule has 4 rings (SSSR count). The lowest BCUT2D eigenvalue weighted by atomic mass is 10.0. The molecule has 0 saturated heterocycles. The second kappa shape index (κ2) is 15.4. The molecule has 0 spiro atoms. The van der Waals surface area contributed by atoms with Crippen molar-refractivity contribution in [3.05, 3.63) is 130 Å². The zero-order chi connectivity index (χ0) is 31.7. The molecule has 10 heteroatoms. The first-order valence-electron chi connectivity index (χ1n) is 14.3. The van der Waals surface area contributed by atoms with Gasteiger partial charge in [0.1, 0.15) is 12.6 Å². The second-order valence-electron chi connectivity index (χ2n) is 10.5. The number of sulfonamides is 1. The number of hydrogen-bond acceptors (Lipinski definition) is 4. The minimum atomic E-state index is -4.19. The summed E-state index contributed by atoms with van der Waals surface area (Å²) in [5.74, 6) is -0.824. The van der Waals surface area contributed by atoms with Crippen LogP contribution in [-0.4, -0.2) is 43.8 Å². The zero-order valence-electron chi connectivity index (χ0n) is 24.6. The van der Waals surface area contributed by atoms with Crippen molar-refractivity contribution in [2.45, 2.75) is 50.2 Å². The van der Waals surface area contributed by atoms with Crippen LogP contribution in [-0.2, 0) is 32.6 Å². The number of hydrogen-bond donors (Lipinski definition) is 1. The third-order valence-electron chi connectivity index (χ3n) is 7.26. The monoisotopic (exact) mass is 695 g/mol. The highest BCUT2D eigenvalue weighted by Crippen LogP contribution is 2.26. The fourth-order valence-electron chi connectivity index (χ4n) is 4.64. The Morgan fingerprint density at radius 1 is 0.841 bits per heavy atom. The zero-order valence-corrected chi connectivity index (χ0v) is 27.7. The summed E-state index contributed by atoms with van der Waals surface area (Å²) >= 11 is 9.49. The van der Waals surface area contributed by atoms with Crippen molar-refractivity contribution in [3.63, 3.8) is 0 Å². The minimum Gasteiger partial charge on any atom is -0.352 e. The van der Waals surface area contributed by atoms with Gasteiger partial charge in [0.05, 0.1) is 10.6 Å². The summed E-state index contributed by atoms with van der Waals surface area (Å²) in [5.41, 5.74) is 1.99. The van der Waals surface area contributed by atoms with Gasteiger partial charge in [-0.1, -0.05) is 95.1 Å². The quantitative estimate of drug-likeness (QED) is 0.166. The third-order valence-corrected chi connectivity index (χ3v) is 9.83. The van der Waals surface area contributed by atoms with Crippen molar-refractivity contribution < 1.29 is 18.0 Å². The van der Waals surface area contributed by atoms with Crippen LogP contribution in [0.3, 0.4) is 0 Å². The lowest BCUT2D eigenvalue weighted by Gasteiger charge is -2.34. The van der Waals surface area contributed by atoms with Crippen LogP contribution in [0.4, 0.5) is 5.69 Å². The fourth-order valence-corrected chi connectivity index (χ4v) is 6.44. The first-order valence-corrected chi connectivity index (χ1v) is 16.9. The minimum absolute atomic E-state index is 0.00615. The number of para-hydroxylation sites is 1. The lowest BCUT2D eigenvalue weighted by Crippen LogP contribution is -2.54. The van der Waals surface area contributed by atoms with Crippen molar-refractivity contribution in [2.24, 2.45) is 0 Å². The van der Waals surface area contributed by atoms with Gasteiger partial charge in [-0.3, -0.25) is 13.9 Å². The van der Waals surface area contributed by atoms with Crippen molar-refractivity contribution in [3.8, 4) is 0 Å². The maximum Gasteiger partial charge on any atom is 0.264 e. The first-order chi connectivity index (χ1) is 21.1. The van der Waals surface area contributed by atoms with E-state index in [1.54, 1.807) is 30.3 Å². The van der Waals surface area contributed by atoms with Crippen molar-refractivity contribution in [2.75, 3.05) is 10.8 Å². The molecule has 1 N–H and O–H groups in total. The highest BCUT2D eigenvalue weighted by molar-refractivity contribution is 9.10. The van der Waals surface area contributed by atoms with Gasteiger partial charge >= 0.3 is 0 Å². The van der Waals surface area contributed by atoms with Crippen molar-refractivity contribution >= 4 is 55.1 Å². The Balaban J connectivity index is 1.78. The predicted octanol–water partition coefficient (Wildman–Crippen LogP) is 6.85. The molecule has 44 heavy (non-hydrogen) atoms. The van der Waals surface area contributed by atoms with E-state index >= 15 is 0 Å². The number of nitrogens with zero attached hydrogens (tertiary/aromatic N) is 2. The SMILES string of the molecule is CC[C@H](C)NC(=O)[C@@H](Cc1ccccc1)N(Cc1ccc(Br)cc1)C(=O)CN(c1ccccc1)S(=O)(=O)c1ccc(Cl)cc1. The van der Waals surface area contributed by atoms with Crippen molar-refractivity contribution in [1.82, 2.24) is 10.2 Å². The summed E-state index contributed by atoms with van der Waals surface area (Å²) in [6.45, 7) is 3.46. The molecule has 0 fully saturated rings. The summed E-state index contributed by atoms with van der Waals surface area (Å²) in [6, 6.07) is 30.2. The molecule has 0 aliphatic carbocycles. The molecule has 2 atom stereocenters. The van der Waals surface area contributed by atoms with Gasteiger partial charge in [0.25, 0.3) is 10.0 Å². The summed E-state index contributed by atoms with van der Waals surface area (Å²) in [6.07, 6.45) is 0.965. The lowest BCUT2D eigenvalue weighted by molar-refractivity contribution is -0.140. The molecule has 4 aromatic carbocycles. The molecule has 0 saturated carbocycles. The van der Waals surface area contributed by atoms with E-state index in [-0.39, 0.29) is 29.8 Å². The van der Waals surface area contributed by atoms with E-state index < -0.39 is 28.5 Å². The standard InChI is InChI=1S/C34H35BrClN3O4S/c1-3-25(2)37-34(41)32(22-26-10-6-4-7-11-26)38(23-27-14-16-28(35)17-15-27)33(40)24-39(30-12-8-5-9-13-30)44(42,43)31-20-18-29(36)19-21-31/h4-21,25,32H,3,22-24H2,1-2H3,(H,37,41)/t25-,32+/m0/s1. The molecule has 0 heterocycles. The summed E-state index contributed by atoms with van der Waals surface area (Å²) < 4.78 is 30.0. The Hall–Kier alpha value is -3.66. The van der Waals surface area contributed by atoms with Gasteiger partial charge in [0.15, 0.2) is 0 Å². The Labute approximate surface area is 273 Å². The Morgan fingerprint density at radius 3 is 2.02 bits per heavy atom. The van der Waals surface area contributed by atoms with Gasteiger partial charge < -0.3 is 10.2 Å². The predicted molar refractivity (Wildman–Crippen MR) is 179 cm³/mol. The molecular formula is C34H35BrClN3O4S. The molecule has 2 amide bonds. The van der Waals surface area contributed by atoms with Gasteiger partial charge in [-0.25, -0.2) is 8.42 Å². The summed E-state index contributed by atoms with van der Waals surface area (Å²) in [7, 11) is -4.19. The smallest absolute Gasteiger partial charge is 0.264 e. The van der Waals surface area contributed by atoms with Crippen LogP contribution in [0, 0.1) is 0 Å². The van der Waals surface area contributed by atoms with Gasteiger partial charge in [-0.2, -0.15) is 0 Å². The number of amides is 2. The van der Waals surface area contributed by atoms with E-state index in [0.29, 0.717) is 17.1 Å². The van der Waals surface area contributed by atoms with Crippen LogP contribution in [0.15, 0.2) is 119 Å². The Kier molecular flexibility index (Phi) is 11.6. The van der Waals surface area contributed by atoms with E-state index in [0.717, 1.165) is 19.9 Å². The van der Waals surface area contributed by atoms with Crippen LogP contribution >= 0.6 is 27.5 Å². The van der Waals surface area contributed by atoms with E-state index in [1.807, 2.05) is 68.4 Å². The molecule has 0 aliphatic heterocycles. The fraction of sp³-hybridized carbons (Fsp3) is 0.235. The topological polar surface area (TPSA) is 86.8 Å². The normalized spacial score (nSPS) is 12.6. The Morgan fingerprint density at radius 2 is 1.43 bits per heavy atom. The molecule has 4 aromatic rings. The number of nitrogens with one attached hydrogen (secondary N) is 1. The number of benzene rings is 4. The summed E-state index contributed by atoms with van der Waals surface area (Å²) in [4.78, 5) is 29.8. The van der Waals surface area contributed by atoms with Crippen LogP contribution in [0.2, 0.25) is 5.02 Å². The number of halogens is 2. The highest BCUT2D eigenvalue weighted by atomic mass is 79.9. The van der Waals surface area contributed by atoms with Gasteiger partial charge in [0.2, 0.25) is 11.8 Å². The highest BCUT2D eigenvalue weighted by Gasteiger charge is 2.35. The van der Waals surface area contributed by atoms with E-state index in [1.165, 1.54) is 29.2 Å². The maximum absolute atomic E-state index is 14.4. The number of carbonyl (C=O) groups is 2. The maximum atomic E-state index is 14.4. The first kappa shape index (κ1) is 33.2. The average Bonchev–Trinajstić information content (AvgIpc) is 3.03.